The highest BCUT2D eigenvalue weighted by atomic mass is 32.2. The maximum Gasteiger partial charge on any atom is 0.234 e. The van der Waals surface area contributed by atoms with Gasteiger partial charge in [-0.3, -0.25) is 9.20 Å². The first-order valence-corrected chi connectivity index (χ1v) is 8.61. The van der Waals surface area contributed by atoms with E-state index < -0.39 is 0 Å². The number of nitrogens with zero attached hydrogens (tertiary/aromatic N) is 3. The first kappa shape index (κ1) is 15.6. The fourth-order valence-corrected chi connectivity index (χ4v) is 3.29. The van der Waals surface area contributed by atoms with E-state index in [9.17, 15) is 9.18 Å². The number of carbonyl (C=O) groups is 1. The van der Waals surface area contributed by atoms with Gasteiger partial charge < -0.3 is 5.32 Å². The Bertz CT molecular complexity index is 1090. The number of hydrogen-bond acceptors (Lipinski definition) is 4. The monoisotopic (exact) mass is 355 g/mol. The summed E-state index contributed by atoms with van der Waals surface area (Å²) in [5.41, 5.74) is 2.76. The van der Waals surface area contributed by atoms with E-state index in [2.05, 4.69) is 20.5 Å². The lowest BCUT2D eigenvalue weighted by molar-refractivity contribution is -0.113. The topological polar surface area (TPSA) is 75.1 Å². The van der Waals surface area contributed by atoms with Gasteiger partial charge in [-0.05, 0) is 36.8 Å². The standard InChI is InChI=1S/C17H14FN5OS/c1-10-6-7-11(8-12(10)18)19-15(24)9-25-17-22-21-16-20-13-4-2-3-5-14(13)23(16)17/h2-8H,9H2,1H3,(H,19,24)(H,20,21). The highest BCUT2D eigenvalue weighted by molar-refractivity contribution is 7.99. The van der Waals surface area contributed by atoms with Crippen LogP contribution in [0.5, 0.6) is 0 Å². The molecular formula is C17H14FN5OS. The van der Waals surface area contributed by atoms with Crippen molar-refractivity contribution in [3.63, 3.8) is 0 Å². The van der Waals surface area contributed by atoms with E-state index in [4.69, 9.17) is 0 Å². The Morgan fingerprint density at radius 1 is 1.32 bits per heavy atom. The Kier molecular flexibility index (Phi) is 3.89. The molecule has 0 aliphatic heterocycles. The van der Waals surface area contributed by atoms with E-state index in [-0.39, 0.29) is 17.5 Å². The Hall–Kier alpha value is -2.87. The molecule has 4 rings (SSSR count). The zero-order chi connectivity index (χ0) is 17.4. The molecule has 0 aliphatic rings. The number of nitrogens with one attached hydrogen (secondary N) is 2. The number of halogens is 1. The molecule has 1 amide bonds. The molecule has 6 nitrogen and oxygen atoms in total. The van der Waals surface area contributed by atoms with Crippen molar-refractivity contribution in [2.75, 3.05) is 11.1 Å². The molecule has 126 valence electrons. The maximum atomic E-state index is 13.5. The van der Waals surface area contributed by atoms with E-state index in [1.165, 1.54) is 17.8 Å². The van der Waals surface area contributed by atoms with Crippen LogP contribution in [-0.2, 0) is 4.79 Å². The van der Waals surface area contributed by atoms with Gasteiger partial charge in [-0.15, -0.1) is 5.10 Å². The van der Waals surface area contributed by atoms with Crippen LogP contribution in [0.1, 0.15) is 5.56 Å². The molecule has 0 saturated heterocycles. The lowest BCUT2D eigenvalue weighted by atomic mass is 10.2. The van der Waals surface area contributed by atoms with Gasteiger partial charge in [0.1, 0.15) is 5.82 Å². The van der Waals surface area contributed by atoms with Crippen molar-refractivity contribution < 1.29 is 9.18 Å². The molecule has 0 aliphatic carbocycles. The second kappa shape index (κ2) is 6.21. The molecule has 0 fully saturated rings. The van der Waals surface area contributed by atoms with Crippen LogP contribution in [0.25, 0.3) is 16.8 Å². The van der Waals surface area contributed by atoms with Crippen LogP contribution in [0.15, 0.2) is 47.6 Å². The van der Waals surface area contributed by atoms with E-state index in [1.54, 1.807) is 19.1 Å². The van der Waals surface area contributed by atoms with E-state index >= 15 is 0 Å². The van der Waals surface area contributed by atoms with Gasteiger partial charge in [0.05, 0.1) is 16.8 Å². The number of hydrogen-bond donors (Lipinski definition) is 2. The SMILES string of the molecule is Cc1ccc(NC(=O)CSc2n[nH]c3nc4ccccc4n23)cc1F. The number of anilines is 1. The van der Waals surface area contributed by atoms with Crippen LogP contribution < -0.4 is 5.32 Å². The molecule has 0 atom stereocenters. The number of aromatic nitrogens is 4. The summed E-state index contributed by atoms with van der Waals surface area (Å²) in [5.74, 6) is 0.213. The number of benzene rings is 2. The van der Waals surface area contributed by atoms with Crippen molar-refractivity contribution in [1.82, 2.24) is 19.6 Å². The van der Waals surface area contributed by atoms with Crippen molar-refractivity contribution >= 4 is 40.2 Å². The third-order valence-electron chi connectivity index (χ3n) is 3.79. The fourth-order valence-electron chi connectivity index (χ4n) is 2.54. The minimum atomic E-state index is -0.343. The zero-order valence-electron chi connectivity index (χ0n) is 13.3. The van der Waals surface area contributed by atoms with Crippen molar-refractivity contribution in [2.45, 2.75) is 12.1 Å². The summed E-state index contributed by atoms with van der Waals surface area (Å²) < 4.78 is 15.4. The zero-order valence-corrected chi connectivity index (χ0v) is 14.1. The quantitative estimate of drug-likeness (QED) is 0.550. The Balaban J connectivity index is 1.50. The number of thioether (sulfide) groups is 1. The van der Waals surface area contributed by atoms with Crippen LogP contribution in [0.3, 0.4) is 0 Å². The smallest absolute Gasteiger partial charge is 0.234 e. The highest BCUT2D eigenvalue weighted by Crippen LogP contribution is 2.23. The summed E-state index contributed by atoms with van der Waals surface area (Å²) in [4.78, 5) is 16.6. The van der Waals surface area contributed by atoms with Crippen LogP contribution in [0.2, 0.25) is 0 Å². The largest absolute Gasteiger partial charge is 0.325 e. The molecular weight excluding hydrogens is 341 g/mol. The van der Waals surface area contributed by atoms with Gasteiger partial charge >= 0.3 is 0 Å². The van der Waals surface area contributed by atoms with Gasteiger partial charge in [0.25, 0.3) is 0 Å². The summed E-state index contributed by atoms with van der Waals surface area (Å²) in [6.07, 6.45) is 0. The van der Waals surface area contributed by atoms with Gasteiger partial charge in [-0.2, -0.15) is 0 Å². The molecule has 0 radical (unpaired) electrons. The van der Waals surface area contributed by atoms with Crippen LogP contribution in [-0.4, -0.2) is 31.2 Å². The molecule has 2 aromatic carbocycles. The predicted octanol–water partition coefficient (Wildman–Crippen LogP) is 3.39. The Morgan fingerprint density at radius 2 is 2.16 bits per heavy atom. The summed E-state index contributed by atoms with van der Waals surface area (Å²) in [6.45, 7) is 1.68. The molecule has 0 saturated carbocycles. The lowest BCUT2D eigenvalue weighted by Crippen LogP contribution is -2.14. The normalized spacial score (nSPS) is 11.3. The van der Waals surface area contributed by atoms with Crippen molar-refractivity contribution in [2.24, 2.45) is 0 Å². The van der Waals surface area contributed by atoms with E-state index in [1.807, 2.05) is 28.7 Å². The lowest BCUT2D eigenvalue weighted by Gasteiger charge is -2.05. The number of amides is 1. The molecule has 25 heavy (non-hydrogen) atoms. The molecule has 8 heteroatoms. The predicted molar refractivity (Wildman–Crippen MR) is 95.3 cm³/mol. The van der Waals surface area contributed by atoms with Gasteiger partial charge in [-0.25, -0.2) is 14.5 Å². The van der Waals surface area contributed by atoms with Gasteiger partial charge in [-0.1, -0.05) is 30.0 Å². The molecule has 0 unspecified atom stereocenters. The minimum Gasteiger partial charge on any atom is -0.325 e. The number of carbonyl (C=O) groups excluding carboxylic acids is 1. The summed E-state index contributed by atoms with van der Waals surface area (Å²) >= 11 is 1.29. The summed E-state index contributed by atoms with van der Waals surface area (Å²) in [6, 6.07) is 12.3. The Labute approximate surface area is 146 Å². The number of imidazole rings is 1. The summed E-state index contributed by atoms with van der Waals surface area (Å²) in [5, 5.41) is 10.4. The number of aryl methyl sites for hydroxylation is 1. The van der Waals surface area contributed by atoms with Crippen molar-refractivity contribution in [1.29, 1.82) is 0 Å². The average molecular weight is 355 g/mol. The third kappa shape index (κ3) is 2.96. The molecule has 0 bridgehead atoms. The van der Waals surface area contributed by atoms with Crippen LogP contribution in [0.4, 0.5) is 10.1 Å². The molecule has 2 heterocycles. The number of rotatable bonds is 4. The third-order valence-corrected chi connectivity index (χ3v) is 4.73. The van der Waals surface area contributed by atoms with Crippen molar-refractivity contribution in [3.8, 4) is 0 Å². The van der Waals surface area contributed by atoms with E-state index in [0.29, 0.717) is 22.2 Å². The van der Waals surface area contributed by atoms with Crippen molar-refractivity contribution in [3.05, 3.63) is 53.8 Å². The first-order chi connectivity index (χ1) is 12.1. The highest BCUT2D eigenvalue weighted by Gasteiger charge is 2.13. The molecule has 0 spiro atoms. The number of aromatic amines is 1. The van der Waals surface area contributed by atoms with Gasteiger partial charge in [0, 0.05) is 5.69 Å². The van der Waals surface area contributed by atoms with Crippen LogP contribution >= 0.6 is 11.8 Å². The van der Waals surface area contributed by atoms with E-state index in [0.717, 1.165) is 11.0 Å². The van der Waals surface area contributed by atoms with Gasteiger partial charge in [0.2, 0.25) is 11.7 Å². The van der Waals surface area contributed by atoms with Crippen LogP contribution in [0, 0.1) is 12.7 Å². The van der Waals surface area contributed by atoms with Gasteiger partial charge in [0.15, 0.2) is 5.16 Å². The molecule has 4 aromatic rings. The minimum absolute atomic E-state index is 0.155. The number of fused-ring (bicyclic) bond motifs is 3. The Morgan fingerprint density at radius 3 is 3.00 bits per heavy atom. The fraction of sp³-hybridized carbons (Fsp3) is 0.118. The maximum absolute atomic E-state index is 13.5. The second-order valence-corrected chi connectivity index (χ2v) is 6.51. The average Bonchev–Trinajstić information content (AvgIpc) is 3.15. The summed E-state index contributed by atoms with van der Waals surface area (Å²) in [7, 11) is 0. The number of para-hydroxylation sites is 2. The molecule has 2 N–H and O–H groups in total. The first-order valence-electron chi connectivity index (χ1n) is 7.62. The number of H-pyrrole nitrogens is 1. The molecule has 2 aromatic heterocycles. The second-order valence-electron chi connectivity index (χ2n) is 5.57.